The molecule has 0 aliphatic rings. The summed E-state index contributed by atoms with van der Waals surface area (Å²) in [7, 11) is 0. The average molecular weight is 255 g/mol. The van der Waals surface area contributed by atoms with E-state index >= 15 is 0 Å². The number of aryl methyl sites for hydroxylation is 1. The van der Waals surface area contributed by atoms with Crippen LogP contribution in [0.1, 0.15) is 11.3 Å². The molecule has 1 heterocycles. The number of nitrogens with zero attached hydrogens (tertiary/aromatic N) is 2. The highest BCUT2D eigenvalue weighted by Gasteiger charge is 2.19. The topological polar surface area (TPSA) is 99.8 Å². The second-order valence-electron chi connectivity index (χ2n) is 3.96. The number of nitrogens with one attached hydrogen (secondary N) is 1. The molecule has 0 bridgehead atoms. The molecular formula is C13H9N3O3. The molecule has 6 heteroatoms. The fourth-order valence-electron chi connectivity index (χ4n) is 1.87. The zero-order valence-corrected chi connectivity index (χ0v) is 10.0. The molecule has 0 saturated heterocycles. The van der Waals surface area contributed by atoms with Crippen LogP contribution < -0.4 is 5.56 Å². The number of rotatable bonds is 2. The molecule has 0 atom stereocenters. The molecule has 6 nitrogen and oxygen atoms in total. The lowest BCUT2D eigenvalue weighted by atomic mass is 9.99. The Kier molecular flexibility index (Phi) is 3.12. The smallest absolute Gasteiger partial charge is 0.277 e. The lowest BCUT2D eigenvalue weighted by Gasteiger charge is -2.05. The van der Waals surface area contributed by atoms with Gasteiger partial charge in [-0.15, -0.1) is 0 Å². The lowest BCUT2D eigenvalue weighted by molar-refractivity contribution is -0.384. The molecule has 19 heavy (non-hydrogen) atoms. The van der Waals surface area contributed by atoms with Crippen LogP contribution in [0.2, 0.25) is 0 Å². The molecule has 0 fully saturated rings. The number of H-pyrrole nitrogens is 1. The van der Waals surface area contributed by atoms with Gasteiger partial charge in [-0.05, 0) is 19.1 Å². The molecule has 0 radical (unpaired) electrons. The Bertz CT molecular complexity index is 756. The van der Waals surface area contributed by atoms with Crippen LogP contribution in [0.4, 0.5) is 5.69 Å². The van der Waals surface area contributed by atoms with Gasteiger partial charge < -0.3 is 4.98 Å². The average Bonchev–Trinajstić information content (AvgIpc) is 2.37. The van der Waals surface area contributed by atoms with Crippen molar-refractivity contribution < 1.29 is 4.92 Å². The number of pyridine rings is 1. The van der Waals surface area contributed by atoms with E-state index in [9.17, 15) is 14.9 Å². The van der Waals surface area contributed by atoms with E-state index in [-0.39, 0.29) is 22.4 Å². The molecule has 2 rings (SSSR count). The monoisotopic (exact) mass is 255 g/mol. The van der Waals surface area contributed by atoms with E-state index in [1.807, 2.05) is 0 Å². The molecular weight excluding hydrogens is 246 g/mol. The molecule has 1 aromatic carbocycles. The van der Waals surface area contributed by atoms with Gasteiger partial charge in [0.05, 0.1) is 10.5 Å². The van der Waals surface area contributed by atoms with Crippen molar-refractivity contribution in [2.75, 3.05) is 0 Å². The van der Waals surface area contributed by atoms with Crippen LogP contribution in [0.15, 0.2) is 35.1 Å². The largest absolute Gasteiger partial charge is 0.325 e. The summed E-state index contributed by atoms with van der Waals surface area (Å²) in [6, 6.07) is 9.37. The summed E-state index contributed by atoms with van der Waals surface area (Å²) in [4.78, 5) is 24.7. The quantitative estimate of drug-likeness (QED) is 0.656. The van der Waals surface area contributed by atoms with Crippen LogP contribution in [0.3, 0.4) is 0 Å². The normalized spacial score (nSPS) is 9.89. The van der Waals surface area contributed by atoms with Crippen molar-refractivity contribution in [3.05, 3.63) is 62.1 Å². The van der Waals surface area contributed by atoms with Crippen molar-refractivity contribution in [3.8, 4) is 17.2 Å². The number of aromatic amines is 1. The number of nitro groups is 1. The molecule has 0 spiro atoms. The van der Waals surface area contributed by atoms with E-state index in [2.05, 4.69) is 4.98 Å². The Hall–Kier alpha value is -2.94. The standard InChI is InChI=1S/C13H9N3O3/c1-8-6-10(11(7-14)13(17)15-8)9-4-2-3-5-12(9)16(18)19/h2-6H,1H3,(H,15,17). The summed E-state index contributed by atoms with van der Waals surface area (Å²) in [6.07, 6.45) is 0. The number of nitro benzene ring substituents is 1. The van der Waals surface area contributed by atoms with E-state index in [0.29, 0.717) is 5.69 Å². The Labute approximate surface area is 108 Å². The third-order valence-corrected chi connectivity index (χ3v) is 2.67. The summed E-state index contributed by atoms with van der Waals surface area (Å²) >= 11 is 0. The van der Waals surface area contributed by atoms with Gasteiger partial charge >= 0.3 is 0 Å². The lowest BCUT2D eigenvalue weighted by Crippen LogP contribution is -2.13. The third kappa shape index (κ3) is 2.21. The maximum atomic E-state index is 11.7. The maximum absolute atomic E-state index is 11.7. The van der Waals surface area contributed by atoms with Crippen molar-refractivity contribution in [2.45, 2.75) is 6.92 Å². The number of nitriles is 1. The molecule has 2 aromatic rings. The number of hydrogen-bond donors (Lipinski definition) is 1. The first kappa shape index (κ1) is 12.5. The third-order valence-electron chi connectivity index (χ3n) is 2.67. The van der Waals surface area contributed by atoms with Crippen LogP contribution in [0.25, 0.3) is 11.1 Å². The van der Waals surface area contributed by atoms with Crippen LogP contribution in [0.5, 0.6) is 0 Å². The van der Waals surface area contributed by atoms with Gasteiger partial charge in [-0.25, -0.2) is 0 Å². The van der Waals surface area contributed by atoms with Crippen LogP contribution in [-0.2, 0) is 0 Å². The number of para-hydroxylation sites is 1. The Balaban J connectivity index is 2.84. The molecule has 1 aromatic heterocycles. The Morgan fingerprint density at radius 2 is 2.00 bits per heavy atom. The van der Waals surface area contributed by atoms with E-state index in [1.54, 1.807) is 25.1 Å². The summed E-state index contributed by atoms with van der Waals surface area (Å²) < 4.78 is 0. The minimum Gasteiger partial charge on any atom is -0.325 e. The first-order chi connectivity index (χ1) is 9.04. The van der Waals surface area contributed by atoms with Gasteiger partial charge in [-0.3, -0.25) is 14.9 Å². The maximum Gasteiger partial charge on any atom is 0.277 e. The van der Waals surface area contributed by atoms with Crippen molar-refractivity contribution in [2.24, 2.45) is 0 Å². The molecule has 0 aliphatic heterocycles. The highest BCUT2D eigenvalue weighted by atomic mass is 16.6. The summed E-state index contributed by atoms with van der Waals surface area (Å²) in [6.45, 7) is 1.65. The predicted molar refractivity (Wildman–Crippen MR) is 68.6 cm³/mol. The van der Waals surface area contributed by atoms with Gasteiger partial charge in [0.1, 0.15) is 11.6 Å². The second kappa shape index (κ2) is 4.74. The fraction of sp³-hybridized carbons (Fsp3) is 0.0769. The first-order valence-corrected chi connectivity index (χ1v) is 5.42. The molecule has 0 unspecified atom stereocenters. The molecule has 0 saturated carbocycles. The minimum absolute atomic E-state index is 0.125. The van der Waals surface area contributed by atoms with Gasteiger partial charge in [0.15, 0.2) is 0 Å². The van der Waals surface area contributed by atoms with Gasteiger partial charge in [0.25, 0.3) is 11.2 Å². The number of aromatic nitrogens is 1. The van der Waals surface area contributed by atoms with E-state index in [1.165, 1.54) is 18.2 Å². The molecule has 0 aliphatic carbocycles. The van der Waals surface area contributed by atoms with Crippen LogP contribution >= 0.6 is 0 Å². The SMILES string of the molecule is Cc1cc(-c2ccccc2[N+](=O)[O-])c(C#N)c(=O)[nH]1. The Morgan fingerprint density at radius 3 is 2.63 bits per heavy atom. The summed E-state index contributed by atoms with van der Waals surface area (Å²) in [5.74, 6) is 0. The van der Waals surface area contributed by atoms with E-state index in [4.69, 9.17) is 5.26 Å². The summed E-state index contributed by atoms with van der Waals surface area (Å²) in [5, 5.41) is 20.0. The predicted octanol–water partition coefficient (Wildman–Crippen LogP) is 2.13. The van der Waals surface area contributed by atoms with Gasteiger partial charge in [0, 0.05) is 17.3 Å². The zero-order chi connectivity index (χ0) is 14.0. The second-order valence-corrected chi connectivity index (χ2v) is 3.96. The van der Waals surface area contributed by atoms with Crippen molar-refractivity contribution >= 4 is 5.69 Å². The fourth-order valence-corrected chi connectivity index (χ4v) is 1.87. The highest BCUT2D eigenvalue weighted by Crippen LogP contribution is 2.30. The highest BCUT2D eigenvalue weighted by molar-refractivity contribution is 5.77. The van der Waals surface area contributed by atoms with Crippen molar-refractivity contribution in [3.63, 3.8) is 0 Å². The van der Waals surface area contributed by atoms with Crippen LogP contribution in [-0.4, -0.2) is 9.91 Å². The number of hydrogen-bond acceptors (Lipinski definition) is 4. The zero-order valence-electron chi connectivity index (χ0n) is 10.0. The molecule has 1 N–H and O–H groups in total. The first-order valence-electron chi connectivity index (χ1n) is 5.42. The number of benzene rings is 1. The van der Waals surface area contributed by atoms with Gasteiger partial charge in [0.2, 0.25) is 0 Å². The van der Waals surface area contributed by atoms with Crippen molar-refractivity contribution in [1.82, 2.24) is 4.98 Å². The Morgan fingerprint density at radius 1 is 1.32 bits per heavy atom. The molecule has 0 amide bonds. The minimum atomic E-state index is -0.546. The van der Waals surface area contributed by atoms with E-state index in [0.717, 1.165) is 0 Å². The summed E-state index contributed by atoms with van der Waals surface area (Å²) in [5.41, 5.74) is 0.269. The molecule has 94 valence electrons. The van der Waals surface area contributed by atoms with Gasteiger partial charge in [-0.1, -0.05) is 12.1 Å². The van der Waals surface area contributed by atoms with Gasteiger partial charge in [-0.2, -0.15) is 5.26 Å². The van der Waals surface area contributed by atoms with Crippen molar-refractivity contribution in [1.29, 1.82) is 5.26 Å². The van der Waals surface area contributed by atoms with Crippen LogP contribution in [0, 0.1) is 28.4 Å². The van der Waals surface area contributed by atoms with E-state index < -0.39 is 10.5 Å².